The average Bonchev–Trinajstić information content (AvgIpc) is 3.00. The number of hydrogen-bond acceptors (Lipinski definition) is 4. The molecule has 2 aromatic carbocycles. The number of rotatable bonds is 5. The highest BCUT2D eigenvalue weighted by Crippen LogP contribution is 2.20. The Bertz CT molecular complexity index is 1140. The van der Waals surface area contributed by atoms with E-state index in [0.717, 1.165) is 26.9 Å². The highest BCUT2D eigenvalue weighted by Gasteiger charge is 2.12. The monoisotopic (exact) mass is 394 g/mol. The first kappa shape index (κ1) is 19.8. The molecule has 0 aliphatic rings. The van der Waals surface area contributed by atoms with E-state index in [1.165, 1.54) is 18.4 Å². The number of nitrogens with zero attached hydrogens (tertiary/aromatic N) is 2. The third-order valence-electron chi connectivity index (χ3n) is 4.48. The molecule has 1 amide bonds. The van der Waals surface area contributed by atoms with Gasteiger partial charge in [-0.3, -0.25) is 4.79 Å². The molecule has 0 spiro atoms. The summed E-state index contributed by atoms with van der Waals surface area (Å²) < 4.78 is 7.58. The van der Waals surface area contributed by atoms with Gasteiger partial charge in [0, 0.05) is 6.54 Å². The number of thiazole rings is 1. The molecule has 28 heavy (non-hydrogen) atoms. The van der Waals surface area contributed by atoms with Gasteiger partial charge in [0.1, 0.15) is 0 Å². The number of carbonyl (C=O) groups excluding carboxylic acids is 2. The summed E-state index contributed by atoms with van der Waals surface area (Å²) in [5.74, 6) is -0.596. The summed E-state index contributed by atoms with van der Waals surface area (Å²) >= 11 is 1.37. The van der Waals surface area contributed by atoms with Gasteiger partial charge >= 0.3 is 5.97 Å². The predicted octanol–water partition coefficient (Wildman–Crippen LogP) is 3.96. The maximum Gasteiger partial charge on any atom is 0.337 e. The van der Waals surface area contributed by atoms with E-state index in [1.54, 1.807) is 18.2 Å². The van der Waals surface area contributed by atoms with Gasteiger partial charge in [-0.2, -0.15) is 4.99 Å². The second kappa shape index (κ2) is 8.35. The number of allylic oxidation sites excluding steroid dienone is 1. The van der Waals surface area contributed by atoms with Crippen molar-refractivity contribution >= 4 is 33.4 Å². The van der Waals surface area contributed by atoms with E-state index in [4.69, 9.17) is 4.74 Å². The molecule has 3 aromatic rings. The first-order valence-corrected chi connectivity index (χ1v) is 9.71. The van der Waals surface area contributed by atoms with Crippen LogP contribution in [0.3, 0.4) is 0 Å². The lowest BCUT2D eigenvalue weighted by Crippen LogP contribution is -2.17. The fourth-order valence-electron chi connectivity index (χ4n) is 3.01. The minimum atomic E-state index is -0.393. The standard InChI is InChI=1S/C22H22N2O3S/c1-5-10-24-18-9-8-16(21(26)27-4)12-19(18)28-22(24)23-20(25)13-17-11-14(2)6-7-15(17)3/h5-9,11-12H,1,10,13H2,2-4H3. The van der Waals surface area contributed by atoms with E-state index in [-0.39, 0.29) is 12.3 Å². The molecular weight excluding hydrogens is 372 g/mol. The van der Waals surface area contributed by atoms with Crippen LogP contribution in [0.25, 0.3) is 10.2 Å². The minimum absolute atomic E-state index is 0.203. The maximum absolute atomic E-state index is 12.6. The van der Waals surface area contributed by atoms with Crippen LogP contribution in [-0.2, 0) is 22.5 Å². The van der Waals surface area contributed by atoms with Crippen molar-refractivity contribution in [3.8, 4) is 0 Å². The molecule has 0 atom stereocenters. The van der Waals surface area contributed by atoms with Crippen molar-refractivity contribution in [2.45, 2.75) is 26.8 Å². The van der Waals surface area contributed by atoms with Crippen molar-refractivity contribution in [3.63, 3.8) is 0 Å². The largest absolute Gasteiger partial charge is 0.465 e. The summed E-state index contributed by atoms with van der Waals surface area (Å²) in [6.45, 7) is 8.32. The Labute approximate surface area is 167 Å². The second-order valence-electron chi connectivity index (χ2n) is 6.57. The number of aryl methyl sites for hydroxylation is 2. The van der Waals surface area contributed by atoms with E-state index in [9.17, 15) is 9.59 Å². The van der Waals surface area contributed by atoms with Crippen LogP contribution in [0.4, 0.5) is 0 Å². The normalized spacial score (nSPS) is 11.6. The zero-order valence-electron chi connectivity index (χ0n) is 16.2. The van der Waals surface area contributed by atoms with Gasteiger partial charge in [-0.15, -0.1) is 6.58 Å². The van der Waals surface area contributed by atoms with E-state index < -0.39 is 5.97 Å². The van der Waals surface area contributed by atoms with Crippen molar-refractivity contribution in [3.05, 3.63) is 76.1 Å². The number of carbonyl (C=O) groups is 2. The Morgan fingerprint density at radius 3 is 2.71 bits per heavy atom. The number of amides is 1. The van der Waals surface area contributed by atoms with E-state index in [2.05, 4.69) is 11.6 Å². The Kier molecular flexibility index (Phi) is 5.90. The third kappa shape index (κ3) is 4.12. The molecule has 0 aliphatic heterocycles. The molecule has 6 heteroatoms. The molecule has 0 aliphatic carbocycles. The molecule has 3 rings (SSSR count). The molecule has 0 saturated heterocycles. The Hall–Kier alpha value is -2.99. The first-order valence-electron chi connectivity index (χ1n) is 8.89. The van der Waals surface area contributed by atoms with Crippen LogP contribution in [0.15, 0.2) is 54.0 Å². The Balaban J connectivity index is 2.03. The third-order valence-corrected chi connectivity index (χ3v) is 5.52. The number of fused-ring (bicyclic) bond motifs is 1. The summed E-state index contributed by atoms with van der Waals surface area (Å²) in [5, 5.41) is 0. The summed E-state index contributed by atoms with van der Waals surface area (Å²) in [6, 6.07) is 11.4. The number of hydrogen-bond donors (Lipinski definition) is 0. The van der Waals surface area contributed by atoms with Gasteiger partial charge in [0.2, 0.25) is 0 Å². The summed E-state index contributed by atoms with van der Waals surface area (Å²) in [4.78, 5) is 29.4. The Morgan fingerprint density at radius 2 is 2.00 bits per heavy atom. The number of ether oxygens (including phenoxy) is 1. The van der Waals surface area contributed by atoms with E-state index in [0.29, 0.717) is 16.9 Å². The van der Waals surface area contributed by atoms with Gasteiger partial charge in [-0.05, 0) is 43.2 Å². The fourth-order valence-corrected chi connectivity index (χ4v) is 4.10. The lowest BCUT2D eigenvalue weighted by Gasteiger charge is -2.05. The van der Waals surface area contributed by atoms with Gasteiger partial charge < -0.3 is 9.30 Å². The Morgan fingerprint density at radius 1 is 1.21 bits per heavy atom. The molecule has 0 unspecified atom stereocenters. The van der Waals surface area contributed by atoms with Crippen molar-refractivity contribution in [2.24, 2.45) is 4.99 Å². The molecule has 0 radical (unpaired) electrons. The van der Waals surface area contributed by atoms with Crippen molar-refractivity contribution in [1.82, 2.24) is 4.57 Å². The maximum atomic E-state index is 12.6. The van der Waals surface area contributed by atoms with Crippen LogP contribution in [0.5, 0.6) is 0 Å². The molecule has 0 N–H and O–H groups in total. The van der Waals surface area contributed by atoms with Crippen molar-refractivity contribution in [2.75, 3.05) is 7.11 Å². The molecule has 144 valence electrons. The predicted molar refractivity (Wildman–Crippen MR) is 112 cm³/mol. The quantitative estimate of drug-likeness (QED) is 0.486. The van der Waals surface area contributed by atoms with Gasteiger partial charge in [0.05, 0.1) is 29.3 Å². The number of methoxy groups -OCH3 is 1. The lowest BCUT2D eigenvalue weighted by atomic mass is 10.0. The van der Waals surface area contributed by atoms with E-state index >= 15 is 0 Å². The van der Waals surface area contributed by atoms with E-state index in [1.807, 2.05) is 42.7 Å². The summed E-state index contributed by atoms with van der Waals surface area (Å²) in [5.41, 5.74) is 4.55. The molecule has 1 aromatic heterocycles. The number of aromatic nitrogens is 1. The average molecular weight is 394 g/mol. The van der Waals surface area contributed by atoms with Gasteiger partial charge in [0.15, 0.2) is 4.80 Å². The number of benzene rings is 2. The molecule has 0 fully saturated rings. The van der Waals surface area contributed by atoms with Gasteiger partial charge in [-0.1, -0.05) is 41.2 Å². The smallest absolute Gasteiger partial charge is 0.337 e. The lowest BCUT2D eigenvalue weighted by molar-refractivity contribution is -0.117. The van der Waals surface area contributed by atoms with Gasteiger partial charge in [0.25, 0.3) is 5.91 Å². The van der Waals surface area contributed by atoms with Crippen LogP contribution in [0.1, 0.15) is 27.0 Å². The van der Waals surface area contributed by atoms with Crippen LogP contribution in [-0.4, -0.2) is 23.6 Å². The van der Waals surface area contributed by atoms with Crippen LogP contribution in [0.2, 0.25) is 0 Å². The SMILES string of the molecule is C=CCn1c(=NC(=O)Cc2cc(C)ccc2C)sc2cc(C(=O)OC)ccc21. The molecule has 0 bridgehead atoms. The highest BCUT2D eigenvalue weighted by molar-refractivity contribution is 7.16. The van der Waals surface area contributed by atoms with Crippen molar-refractivity contribution < 1.29 is 14.3 Å². The fraction of sp³-hybridized carbons (Fsp3) is 0.227. The topological polar surface area (TPSA) is 60.7 Å². The first-order chi connectivity index (χ1) is 13.4. The van der Waals surface area contributed by atoms with Crippen LogP contribution >= 0.6 is 11.3 Å². The van der Waals surface area contributed by atoms with Crippen LogP contribution in [0, 0.1) is 13.8 Å². The summed E-state index contributed by atoms with van der Waals surface area (Å²) in [7, 11) is 1.35. The second-order valence-corrected chi connectivity index (χ2v) is 7.58. The molecular formula is C22H22N2O3S. The highest BCUT2D eigenvalue weighted by atomic mass is 32.1. The zero-order chi connectivity index (χ0) is 20.3. The van der Waals surface area contributed by atoms with Crippen molar-refractivity contribution in [1.29, 1.82) is 0 Å². The molecule has 5 nitrogen and oxygen atoms in total. The molecule has 0 saturated carbocycles. The summed E-state index contributed by atoms with van der Waals surface area (Å²) in [6.07, 6.45) is 2.01. The van der Waals surface area contributed by atoms with Gasteiger partial charge in [-0.25, -0.2) is 4.79 Å². The number of esters is 1. The van der Waals surface area contributed by atoms with Crippen LogP contribution < -0.4 is 4.80 Å². The molecule has 1 heterocycles. The zero-order valence-corrected chi connectivity index (χ0v) is 17.0. The minimum Gasteiger partial charge on any atom is -0.465 e.